The minimum absolute atomic E-state index is 0.184. The normalized spacial score (nSPS) is 12.2. The van der Waals surface area contributed by atoms with Crippen LogP contribution in [0.15, 0.2) is 42.5 Å². The molecule has 0 aliphatic rings. The van der Waals surface area contributed by atoms with E-state index in [9.17, 15) is 9.00 Å². The standard InChI is InChI=1S/C20H26N2O4S/c1-20(2,3)14-12-16(18(25-5)17(13-14)22(4)27(6)24)21-19(23)26-15-10-8-7-9-11-15/h7-13H,1-6H3,(H,21,23). The molecule has 27 heavy (non-hydrogen) atoms. The lowest BCUT2D eigenvalue weighted by Gasteiger charge is -2.26. The fourth-order valence-corrected chi connectivity index (χ4v) is 2.87. The first-order chi connectivity index (χ1) is 12.6. The Kier molecular flexibility index (Phi) is 6.49. The number of methoxy groups -OCH3 is 1. The average molecular weight is 391 g/mol. The van der Waals surface area contributed by atoms with Gasteiger partial charge in [0.2, 0.25) is 0 Å². The molecule has 2 aromatic rings. The van der Waals surface area contributed by atoms with E-state index >= 15 is 0 Å². The second-order valence-corrected chi connectivity index (χ2v) is 8.47. The number of benzene rings is 2. The summed E-state index contributed by atoms with van der Waals surface area (Å²) in [6.07, 6.45) is 0.955. The molecule has 1 unspecified atom stereocenters. The Morgan fingerprint density at radius 1 is 1.15 bits per heavy atom. The zero-order valence-electron chi connectivity index (χ0n) is 16.5. The number of carbonyl (C=O) groups is 1. The summed E-state index contributed by atoms with van der Waals surface area (Å²) in [4.78, 5) is 12.4. The van der Waals surface area contributed by atoms with Crippen molar-refractivity contribution < 1.29 is 18.5 Å². The molecule has 0 saturated heterocycles. The van der Waals surface area contributed by atoms with Crippen LogP contribution in [0.3, 0.4) is 0 Å². The van der Waals surface area contributed by atoms with Crippen LogP contribution < -0.4 is 19.1 Å². The van der Waals surface area contributed by atoms with Gasteiger partial charge in [-0.1, -0.05) is 39.0 Å². The van der Waals surface area contributed by atoms with E-state index in [4.69, 9.17) is 9.47 Å². The molecular weight excluding hydrogens is 364 g/mol. The van der Waals surface area contributed by atoms with Crippen LogP contribution in [-0.2, 0) is 16.4 Å². The molecule has 0 saturated carbocycles. The van der Waals surface area contributed by atoms with Crippen molar-refractivity contribution in [3.05, 3.63) is 48.0 Å². The summed E-state index contributed by atoms with van der Waals surface area (Å²) < 4.78 is 24.4. The van der Waals surface area contributed by atoms with Crippen molar-refractivity contribution in [1.82, 2.24) is 0 Å². The Morgan fingerprint density at radius 3 is 2.30 bits per heavy atom. The number of rotatable bonds is 5. The predicted molar refractivity (Wildman–Crippen MR) is 110 cm³/mol. The second kappa shape index (κ2) is 8.43. The molecule has 1 amide bonds. The molecule has 0 spiro atoms. The molecule has 6 nitrogen and oxygen atoms in total. The van der Waals surface area contributed by atoms with Gasteiger partial charge >= 0.3 is 6.09 Å². The maximum atomic E-state index is 12.4. The summed E-state index contributed by atoms with van der Waals surface area (Å²) in [6.45, 7) is 6.19. The lowest BCUT2D eigenvalue weighted by molar-refractivity contribution is 0.215. The van der Waals surface area contributed by atoms with Gasteiger partial charge in [0.05, 0.1) is 18.5 Å². The van der Waals surface area contributed by atoms with Gasteiger partial charge in [0.15, 0.2) is 5.75 Å². The molecule has 2 rings (SSSR count). The number of amides is 1. The molecule has 0 heterocycles. The zero-order chi connectivity index (χ0) is 20.2. The highest BCUT2D eigenvalue weighted by Gasteiger charge is 2.23. The molecule has 1 N–H and O–H groups in total. The van der Waals surface area contributed by atoms with Crippen LogP contribution >= 0.6 is 0 Å². The van der Waals surface area contributed by atoms with E-state index in [2.05, 4.69) is 26.1 Å². The summed E-state index contributed by atoms with van der Waals surface area (Å²) in [6, 6.07) is 12.6. The number of nitrogens with one attached hydrogen (secondary N) is 1. The predicted octanol–water partition coefficient (Wildman–Crippen LogP) is 4.33. The van der Waals surface area contributed by atoms with Crippen LogP contribution in [0.4, 0.5) is 16.2 Å². The van der Waals surface area contributed by atoms with E-state index in [0.29, 0.717) is 22.9 Å². The quantitative estimate of drug-likeness (QED) is 0.825. The minimum atomic E-state index is -1.25. The number of carbonyl (C=O) groups excluding carboxylic acids is 1. The fraction of sp³-hybridized carbons (Fsp3) is 0.350. The summed E-state index contributed by atoms with van der Waals surface area (Å²) in [5.41, 5.74) is 1.86. The molecular formula is C20H26N2O4S. The third kappa shape index (κ3) is 5.23. The van der Waals surface area contributed by atoms with Gasteiger partial charge in [-0.25, -0.2) is 9.00 Å². The number of hydrogen-bond acceptors (Lipinski definition) is 4. The molecule has 0 bridgehead atoms. The first-order valence-electron chi connectivity index (χ1n) is 8.47. The Hall–Kier alpha value is -2.54. The van der Waals surface area contributed by atoms with E-state index in [0.717, 1.165) is 5.56 Å². The zero-order valence-corrected chi connectivity index (χ0v) is 17.3. The lowest BCUT2D eigenvalue weighted by Crippen LogP contribution is -2.23. The van der Waals surface area contributed by atoms with Crippen LogP contribution in [0.1, 0.15) is 26.3 Å². The first-order valence-corrected chi connectivity index (χ1v) is 9.98. The van der Waals surface area contributed by atoms with Gasteiger partial charge in [0.1, 0.15) is 16.7 Å². The van der Waals surface area contributed by atoms with Crippen molar-refractivity contribution in [2.24, 2.45) is 0 Å². The smallest absolute Gasteiger partial charge is 0.417 e. The van der Waals surface area contributed by atoms with Crippen molar-refractivity contribution in [3.63, 3.8) is 0 Å². The SMILES string of the molecule is COc1c(NC(=O)Oc2ccccc2)cc(C(C)(C)C)cc1N(C)S(C)=O. The van der Waals surface area contributed by atoms with E-state index < -0.39 is 17.1 Å². The monoisotopic (exact) mass is 390 g/mol. The maximum absolute atomic E-state index is 12.4. The number of anilines is 2. The van der Waals surface area contributed by atoms with Crippen LogP contribution in [0.5, 0.6) is 11.5 Å². The van der Waals surface area contributed by atoms with Gasteiger partial charge in [-0.2, -0.15) is 0 Å². The molecule has 1 atom stereocenters. The average Bonchev–Trinajstić information content (AvgIpc) is 2.60. The van der Waals surface area contributed by atoms with Crippen molar-refractivity contribution in [2.45, 2.75) is 26.2 Å². The highest BCUT2D eigenvalue weighted by Crippen LogP contribution is 2.40. The Labute approximate surface area is 163 Å². The molecule has 0 fully saturated rings. The maximum Gasteiger partial charge on any atom is 0.417 e. The van der Waals surface area contributed by atoms with Crippen LogP contribution in [0.25, 0.3) is 0 Å². The van der Waals surface area contributed by atoms with Gasteiger partial charge in [-0.05, 0) is 35.2 Å². The Bertz CT molecular complexity index is 832. The Balaban J connectivity index is 2.45. The lowest BCUT2D eigenvalue weighted by atomic mass is 9.86. The number of ether oxygens (including phenoxy) is 2. The summed E-state index contributed by atoms with van der Waals surface area (Å²) >= 11 is 0. The van der Waals surface area contributed by atoms with Gasteiger partial charge in [0.25, 0.3) is 0 Å². The molecule has 146 valence electrons. The number of hydrogen-bond donors (Lipinski definition) is 1. The third-order valence-electron chi connectivity index (χ3n) is 4.05. The Morgan fingerprint density at radius 2 is 1.78 bits per heavy atom. The molecule has 7 heteroatoms. The molecule has 0 radical (unpaired) electrons. The summed E-state index contributed by atoms with van der Waals surface area (Å²) in [7, 11) is 1.97. The van der Waals surface area contributed by atoms with Gasteiger partial charge in [-0.15, -0.1) is 0 Å². The van der Waals surface area contributed by atoms with Crippen LogP contribution in [0.2, 0.25) is 0 Å². The molecule has 0 aliphatic carbocycles. The van der Waals surface area contributed by atoms with Gasteiger partial charge in [0, 0.05) is 13.3 Å². The molecule has 2 aromatic carbocycles. The van der Waals surface area contributed by atoms with Crippen molar-refractivity contribution in [3.8, 4) is 11.5 Å². The minimum Gasteiger partial charge on any atom is -0.492 e. The first kappa shape index (κ1) is 20.8. The molecule has 0 aliphatic heterocycles. The topological polar surface area (TPSA) is 67.9 Å². The van der Waals surface area contributed by atoms with E-state index in [1.54, 1.807) is 41.9 Å². The van der Waals surface area contributed by atoms with E-state index in [-0.39, 0.29) is 5.41 Å². The van der Waals surface area contributed by atoms with Gasteiger partial charge in [-0.3, -0.25) is 9.62 Å². The number of para-hydroxylation sites is 1. The second-order valence-electron chi connectivity index (χ2n) is 7.07. The van der Waals surface area contributed by atoms with Crippen molar-refractivity contribution in [1.29, 1.82) is 0 Å². The van der Waals surface area contributed by atoms with Crippen LogP contribution in [-0.4, -0.2) is 30.7 Å². The largest absolute Gasteiger partial charge is 0.492 e. The van der Waals surface area contributed by atoms with E-state index in [1.165, 1.54) is 7.11 Å². The van der Waals surface area contributed by atoms with Crippen LogP contribution in [0, 0.1) is 0 Å². The molecule has 0 aromatic heterocycles. The summed E-state index contributed by atoms with van der Waals surface area (Å²) in [5.74, 6) is 0.860. The number of nitrogens with zero attached hydrogens (tertiary/aromatic N) is 1. The third-order valence-corrected chi connectivity index (χ3v) is 5.02. The highest BCUT2D eigenvalue weighted by atomic mass is 32.2. The van der Waals surface area contributed by atoms with Gasteiger partial charge < -0.3 is 9.47 Å². The van der Waals surface area contributed by atoms with Crippen molar-refractivity contribution in [2.75, 3.05) is 30.0 Å². The fourth-order valence-electron chi connectivity index (χ4n) is 2.46. The highest BCUT2D eigenvalue weighted by molar-refractivity contribution is 7.85. The van der Waals surface area contributed by atoms with Crippen molar-refractivity contribution >= 4 is 28.5 Å². The van der Waals surface area contributed by atoms with E-state index in [1.807, 2.05) is 18.2 Å². The summed E-state index contributed by atoms with van der Waals surface area (Å²) in [5, 5.41) is 2.74.